The number of fused-ring (bicyclic) bond motifs is 1. The van der Waals surface area contributed by atoms with E-state index >= 15 is 0 Å². The summed E-state index contributed by atoms with van der Waals surface area (Å²) in [5, 5.41) is 21.6. The molecule has 1 amide bonds. The summed E-state index contributed by atoms with van der Waals surface area (Å²) in [4.78, 5) is 29.8. The third kappa shape index (κ3) is 3.32. The van der Waals surface area contributed by atoms with E-state index < -0.39 is 11.6 Å². The number of anilines is 2. The second kappa shape index (κ2) is 6.52. The van der Waals surface area contributed by atoms with E-state index in [0.717, 1.165) is 17.7 Å². The maximum absolute atomic E-state index is 13.0. The Labute approximate surface area is 144 Å². The molecule has 7 nitrogen and oxygen atoms in total. The molecule has 2 heterocycles. The lowest BCUT2D eigenvalue weighted by molar-refractivity contribution is -0.155. The van der Waals surface area contributed by atoms with E-state index in [1.54, 1.807) is 17.0 Å². The highest BCUT2D eigenvalue weighted by Gasteiger charge is 2.31. The first kappa shape index (κ1) is 16.9. The van der Waals surface area contributed by atoms with Crippen LogP contribution in [0.3, 0.4) is 0 Å². The maximum Gasteiger partial charge on any atom is 0.337 e. The molecule has 1 aromatic heterocycles. The SMILES string of the molecule is CC(O)(CNc1ncccc1C(=O)N1CCc2ccccc21)C(=O)O. The van der Waals surface area contributed by atoms with E-state index in [0.29, 0.717) is 12.1 Å². The van der Waals surface area contributed by atoms with Gasteiger partial charge in [0.25, 0.3) is 5.91 Å². The summed E-state index contributed by atoms with van der Waals surface area (Å²) in [6.07, 6.45) is 2.30. The summed E-state index contributed by atoms with van der Waals surface area (Å²) in [6.45, 7) is 1.50. The summed E-state index contributed by atoms with van der Waals surface area (Å²) in [7, 11) is 0. The minimum Gasteiger partial charge on any atom is -0.479 e. The normalized spacial score (nSPS) is 15.4. The Morgan fingerprint density at radius 3 is 2.80 bits per heavy atom. The fourth-order valence-electron chi connectivity index (χ4n) is 2.74. The molecule has 1 aromatic carbocycles. The molecular weight excluding hydrogens is 322 g/mol. The number of hydrogen-bond donors (Lipinski definition) is 3. The second-order valence-electron chi connectivity index (χ2n) is 6.17. The number of nitrogens with zero attached hydrogens (tertiary/aromatic N) is 2. The van der Waals surface area contributed by atoms with Crippen molar-refractivity contribution < 1.29 is 19.8 Å². The lowest BCUT2D eigenvalue weighted by Gasteiger charge is -2.22. The van der Waals surface area contributed by atoms with Gasteiger partial charge >= 0.3 is 5.97 Å². The van der Waals surface area contributed by atoms with Crippen molar-refractivity contribution in [2.45, 2.75) is 18.9 Å². The van der Waals surface area contributed by atoms with Gasteiger partial charge in [0, 0.05) is 18.4 Å². The lowest BCUT2D eigenvalue weighted by atomic mass is 10.1. The first-order valence-corrected chi connectivity index (χ1v) is 7.94. The number of nitrogens with one attached hydrogen (secondary N) is 1. The molecule has 1 unspecified atom stereocenters. The molecular formula is C18H19N3O4. The van der Waals surface area contributed by atoms with E-state index in [4.69, 9.17) is 5.11 Å². The predicted octanol–water partition coefficient (Wildman–Crippen LogP) is 1.53. The number of rotatable bonds is 5. The van der Waals surface area contributed by atoms with Gasteiger partial charge in [0.2, 0.25) is 0 Å². The number of benzene rings is 1. The molecule has 0 spiro atoms. The van der Waals surface area contributed by atoms with Gasteiger partial charge in [0.1, 0.15) is 5.82 Å². The molecule has 0 saturated heterocycles. The molecule has 1 aliphatic heterocycles. The molecule has 7 heteroatoms. The molecule has 3 N–H and O–H groups in total. The fourth-order valence-corrected chi connectivity index (χ4v) is 2.74. The number of aliphatic hydroxyl groups is 1. The van der Waals surface area contributed by atoms with E-state index in [1.807, 2.05) is 24.3 Å². The van der Waals surface area contributed by atoms with Crippen LogP contribution in [0.25, 0.3) is 0 Å². The molecule has 1 aliphatic rings. The summed E-state index contributed by atoms with van der Waals surface area (Å²) in [5.41, 5.74) is 0.362. The van der Waals surface area contributed by atoms with Gasteiger partial charge in [-0.05, 0) is 37.1 Å². The van der Waals surface area contributed by atoms with E-state index in [2.05, 4.69) is 10.3 Å². The van der Waals surface area contributed by atoms with Crippen LogP contribution in [0.2, 0.25) is 0 Å². The number of pyridine rings is 1. The molecule has 1 atom stereocenters. The van der Waals surface area contributed by atoms with Gasteiger partial charge in [0.15, 0.2) is 5.60 Å². The van der Waals surface area contributed by atoms with Crippen LogP contribution in [-0.2, 0) is 11.2 Å². The quantitative estimate of drug-likeness (QED) is 0.762. The number of hydrogen-bond acceptors (Lipinski definition) is 5. The number of para-hydroxylation sites is 1. The number of carboxylic acid groups (broad SMARTS) is 1. The Bertz CT molecular complexity index is 819. The van der Waals surface area contributed by atoms with Gasteiger partial charge in [-0.25, -0.2) is 9.78 Å². The van der Waals surface area contributed by atoms with Gasteiger partial charge in [0.05, 0.1) is 12.1 Å². The Morgan fingerprint density at radius 1 is 1.28 bits per heavy atom. The van der Waals surface area contributed by atoms with Crippen molar-refractivity contribution in [2.75, 3.05) is 23.3 Å². The third-order valence-corrected chi connectivity index (χ3v) is 4.23. The van der Waals surface area contributed by atoms with E-state index in [-0.39, 0.29) is 18.3 Å². The molecule has 0 saturated carbocycles. The average molecular weight is 341 g/mol. The largest absolute Gasteiger partial charge is 0.479 e. The van der Waals surface area contributed by atoms with Crippen molar-refractivity contribution in [3.63, 3.8) is 0 Å². The summed E-state index contributed by atoms with van der Waals surface area (Å²) in [6, 6.07) is 11.0. The summed E-state index contributed by atoms with van der Waals surface area (Å²) in [5.74, 6) is -1.31. The van der Waals surface area contributed by atoms with Crippen LogP contribution < -0.4 is 10.2 Å². The molecule has 0 aliphatic carbocycles. The first-order valence-electron chi connectivity index (χ1n) is 7.94. The van der Waals surface area contributed by atoms with Crippen LogP contribution in [0.4, 0.5) is 11.5 Å². The zero-order chi connectivity index (χ0) is 18.0. The van der Waals surface area contributed by atoms with Crippen LogP contribution in [-0.4, -0.2) is 45.8 Å². The summed E-state index contributed by atoms with van der Waals surface area (Å²) >= 11 is 0. The van der Waals surface area contributed by atoms with Crippen LogP contribution in [0, 0.1) is 0 Å². The van der Waals surface area contributed by atoms with Crippen molar-refractivity contribution in [3.8, 4) is 0 Å². The first-order chi connectivity index (χ1) is 11.9. The highest BCUT2D eigenvalue weighted by atomic mass is 16.4. The minimum absolute atomic E-state index is 0.212. The summed E-state index contributed by atoms with van der Waals surface area (Å²) < 4.78 is 0. The smallest absolute Gasteiger partial charge is 0.337 e. The van der Waals surface area contributed by atoms with Crippen LogP contribution >= 0.6 is 0 Å². The van der Waals surface area contributed by atoms with Crippen molar-refractivity contribution in [1.82, 2.24) is 4.98 Å². The monoisotopic (exact) mass is 341 g/mol. The zero-order valence-electron chi connectivity index (χ0n) is 13.8. The van der Waals surface area contributed by atoms with Gasteiger partial charge in [-0.15, -0.1) is 0 Å². The highest BCUT2D eigenvalue weighted by Crippen LogP contribution is 2.30. The Morgan fingerprint density at radius 2 is 2.04 bits per heavy atom. The topological polar surface area (TPSA) is 103 Å². The molecule has 2 aromatic rings. The number of carbonyl (C=O) groups excluding carboxylic acids is 1. The van der Waals surface area contributed by atoms with Gasteiger partial charge in [-0.3, -0.25) is 4.79 Å². The number of aromatic nitrogens is 1. The average Bonchev–Trinajstić information content (AvgIpc) is 3.03. The fraction of sp³-hybridized carbons (Fsp3) is 0.278. The highest BCUT2D eigenvalue weighted by molar-refractivity contribution is 6.10. The Kier molecular flexibility index (Phi) is 4.41. The van der Waals surface area contributed by atoms with Gasteiger partial charge in [-0.1, -0.05) is 18.2 Å². The molecule has 25 heavy (non-hydrogen) atoms. The lowest BCUT2D eigenvalue weighted by Crippen LogP contribution is -2.42. The Balaban J connectivity index is 1.84. The van der Waals surface area contributed by atoms with Crippen molar-refractivity contribution in [2.24, 2.45) is 0 Å². The number of carboxylic acids is 1. The molecule has 130 valence electrons. The van der Waals surface area contributed by atoms with Crippen LogP contribution in [0.5, 0.6) is 0 Å². The van der Waals surface area contributed by atoms with Gasteiger partial charge in [-0.2, -0.15) is 0 Å². The van der Waals surface area contributed by atoms with E-state index in [1.165, 1.54) is 13.1 Å². The van der Waals surface area contributed by atoms with Crippen molar-refractivity contribution in [1.29, 1.82) is 0 Å². The molecule has 0 bridgehead atoms. The maximum atomic E-state index is 13.0. The third-order valence-electron chi connectivity index (χ3n) is 4.23. The standard InChI is InChI=1S/C18H19N3O4/c1-18(25,17(23)24)11-20-15-13(6-4-9-19-15)16(22)21-10-8-12-5-2-3-7-14(12)21/h2-7,9,25H,8,10-11H2,1H3,(H,19,20)(H,23,24). The second-order valence-corrected chi connectivity index (χ2v) is 6.17. The zero-order valence-corrected chi connectivity index (χ0v) is 13.8. The molecule has 0 fully saturated rings. The van der Waals surface area contributed by atoms with E-state index in [9.17, 15) is 14.7 Å². The van der Waals surface area contributed by atoms with Crippen LogP contribution in [0.15, 0.2) is 42.6 Å². The van der Waals surface area contributed by atoms with Crippen molar-refractivity contribution in [3.05, 3.63) is 53.7 Å². The number of amides is 1. The minimum atomic E-state index is -1.96. The predicted molar refractivity (Wildman–Crippen MR) is 92.8 cm³/mol. The van der Waals surface area contributed by atoms with Crippen molar-refractivity contribution >= 4 is 23.4 Å². The molecule has 0 radical (unpaired) electrons. The number of aliphatic carboxylic acids is 1. The van der Waals surface area contributed by atoms with Gasteiger partial charge < -0.3 is 20.4 Å². The molecule has 3 rings (SSSR count). The number of carbonyl (C=O) groups is 2. The van der Waals surface area contributed by atoms with Crippen LogP contribution in [0.1, 0.15) is 22.8 Å². The Hall–Kier alpha value is -2.93.